The first-order valence-corrected chi connectivity index (χ1v) is 9.20. The first-order chi connectivity index (χ1) is 14.5. The number of nitrogens with one attached hydrogen (secondary N) is 1. The van der Waals surface area contributed by atoms with Gasteiger partial charge in [-0.1, -0.05) is 0 Å². The summed E-state index contributed by atoms with van der Waals surface area (Å²) in [4.78, 5) is 36.9. The van der Waals surface area contributed by atoms with Gasteiger partial charge in [-0.25, -0.2) is 19.6 Å². The van der Waals surface area contributed by atoms with E-state index >= 15 is 0 Å². The van der Waals surface area contributed by atoms with Gasteiger partial charge >= 0.3 is 6.18 Å². The third kappa shape index (κ3) is 3.31. The molecular weight excluding hydrogens is 417 g/mol. The Morgan fingerprint density at radius 2 is 2.06 bits per heavy atom. The molecule has 0 saturated heterocycles. The summed E-state index contributed by atoms with van der Waals surface area (Å²) in [5, 5.41) is 7.31. The number of nitrogen functional groups attached to an aromatic ring is 1. The van der Waals surface area contributed by atoms with E-state index in [1.54, 1.807) is 12.1 Å². The predicted octanol–water partition coefficient (Wildman–Crippen LogP) is 1.51. The van der Waals surface area contributed by atoms with Gasteiger partial charge in [0, 0.05) is 19.2 Å². The van der Waals surface area contributed by atoms with E-state index in [4.69, 9.17) is 11.5 Å². The molecule has 0 spiro atoms. The molecule has 0 bridgehead atoms. The predicted molar refractivity (Wildman–Crippen MR) is 103 cm³/mol. The molecule has 2 amide bonds. The minimum absolute atomic E-state index is 0.0239. The molecule has 162 valence electrons. The summed E-state index contributed by atoms with van der Waals surface area (Å²) < 4.78 is 38.9. The molecule has 5 N–H and O–H groups in total. The summed E-state index contributed by atoms with van der Waals surface area (Å²) >= 11 is 0. The van der Waals surface area contributed by atoms with Crippen LogP contribution >= 0.6 is 0 Å². The molecule has 4 heterocycles. The van der Waals surface area contributed by atoms with Crippen LogP contribution < -0.4 is 16.8 Å². The standard InChI is InChI=1S/C18H17F3N8O2/c1-17(15(23)30)9-11(22)25-13(26-12(9)27-16(17)31)10-8-4-2-6-24-14(8)29(28-10)7-3-5-18(19,20)21/h2,4,6H,3,5,7H2,1H3,(H2,23,30)(H3,22,25,26,27,31). The highest BCUT2D eigenvalue weighted by molar-refractivity contribution is 6.20. The van der Waals surface area contributed by atoms with Gasteiger partial charge in [-0.05, 0) is 25.5 Å². The van der Waals surface area contributed by atoms with E-state index in [0.29, 0.717) is 11.0 Å². The number of carbonyl (C=O) groups excluding carboxylic acids is 2. The minimum atomic E-state index is -4.28. The highest BCUT2D eigenvalue weighted by atomic mass is 19.4. The molecular formula is C18H17F3N8O2. The molecule has 1 atom stereocenters. The molecule has 0 aromatic carbocycles. The molecule has 0 aliphatic carbocycles. The SMILES string of the molecule is CC1(C(N)=O)C(=O)Nc2nc(-c3nn(CCCC(F)(F)F)c4ncccc34)nc(N)c21. The van der Waals surface area contributed by atoms with Crippen molar-refractivity contribution in [1.29, 1.82) is 0 Å². The fraction of sp³-hybridized carbons (Fsp3) is 0.333. The number of fused-ring (bicyclic) bond motifs is 2. The van der Waals surface area contributed by atoms with Gasteiger partial charge in [-0.3, -0.25) is 9.59 Å². The second-order valence-corrected chi connectivity index (χ2v) is 7.26. The largest absolute Gasteiger partial charge is 0.389 e. The van der Waals surface area contributed by atoms with Gasteiger partial charge in [0.05, 0.1) is 10.9 Å². The zero-order valence-electron chi connectivity index (χ0n) is 16.2. The van der Waals surface area contributed by atoms with Crippen LogP contribution in [0.25, 0.3) is 22.6 Å². The molecule has 31 heavy (non-hydrogen) atoms. The van der Waals surface area contributed by atoms with Crippen LogP contribution in [0.1, 0.15) is 25.3 Å². The van der Waals surface area contributed by atoms with Crippen molar-refractivity contribution in [2.45, 2.75) is 37.9 Å². The Balaban J connectivity index is 1.79. The highest BCUT2D eigenvalue weighted by Gasteiger charge is 2.51. The molecule has 3 aromatic heterocycles. The number of aromatic nitrogens is 5. The van der Waals surface area contributed by atoms with Crippen molar-refractivity contribution in [1.82, 2.24) is 24.7 Å². The number of nitrogens with two attached hydrogens (primary N) is 2. The summed E-state index contributed by atoms with van der Waals surface area (Å²) in [5.41, 5.74) is 10.4. The lowest BCUT2D eigenvalue weighted by atomic mass is 9.84. The van der Waals surface area contributed by atoms with Gasteiger partial charge in [0.1, 0.15) is 17.3 Å². The maximum Gasteiger partial charge on any atom is 0.389 e. The summed E-state index contributed by atoms with van der Waals surface area (Å²) in [7, 11) is 0. The second kappa shape index (κ2) is 6.89. The lowest BCUT2D eigenvalue weighted by molar-refractivity contribution is -0.136. The van der Waals surface area contributed by atoms with E-state index in [2.05, 4.69) is 25.4 Å². The van der Waals surface area contributed by atoms with Crippen LogP contribution in [-0.2, 0) is 21.5 Å². The number of carbonyl (C=O) groups is 2. The highest BCUT2D eigenvalue weighted by Crippen LogP contribution is 2.41. The van der Waals surface area contributed by atoms with E-state index in [9.17, 15) is 22.8 Å². The molecule has 0 radical (unpaired) electrons. The van der Waals surface area contributed by atoms with Crippen LogP contribution in [0.15, 0.2) is 18.3 Å². The normalized spacial score (nSPS) is 18.3. The van der Waals surface area contributed by atoms with E-state index in [1.165, 1.54) is 17.8 Å². The van der Waals surface area contributed by atoms with E-state index in [-0.39, 0.29) is 41.7 Å². The number of rotatable bonds is 5. The number of hydrogen-bond acceptors (Lipinski definition) is 7. The van der Waals surface area contributed by atoms with Crippen molar-refractivity contribution in [3.05, 3.63) is 23.9 Å². The Morgan fingerprint density at radius 3 is 2.74 bits per heavy atom. The van der Waals surface area contributed by atoms with Crippen molar-refractivity contribution < 1.29 is 22.8 Å². The van der Waals surface area contributed by atoms with E-state index < -0.39 is 29.8 Å². The molecule has 4 rings (SSSR count). The lowest BCUT2D eigenvalue weighted by Gasteiger charge is -2.18. The number of anilines is 2. The summed E-state index contributed by atoms with van der Waals surface area (Å²) in [6, 6.07) is 3.31. The molecule has 1 aliphatic heterocycles. The number of alkyl halides is 3. The number of nitrogens with zero attached hydrogens (tertiary/aromatic N) is 5. The molecule has 3 aromatic rings. The van der Waals surface area contributed by atoms with Crippen molar-refractivity contribution in [2.75, 3.05) is 11.1 Å². The van der Waals surface area contributed by atoms with Gasteiger partial charge in [0.15, 0.2) is 16.9 Å². The Labute approximate surface area is 172 Å². The average molecular weight is 434 g/mol. The number of primary amides is 1. The maximum absolute atomic E-state index is 12.5. The molecule has 1 aliphatic rings. The number of aryl methyl sites for hydroxylation is 1. The first kappa shape index (κ1) is 20.5. The monoisotopic (exact) mass is 434 g/mol. The van der Waals surface area contributed by atoms with E-state index in [0.717, 1.165) is 0 Å². The topological polar surface area (TPSA) is 155 Å². The zero-order chi connectivity index (χ0) is 22.6. The van der Waals surface area contributed by atoms with Crippen molar-refractivity contribution in [3.8, 4) is 11.5 Å². The van der Waals surface area contributed by atoms with Crippen LogP contribution in [-0.4, -0.2) is 42.7 Å². The fourth-order valence-corrected chi connectivity index (χ4v) is 3.51. The van der Waals surface area contributed by atoms with Gasteiger partial charge in [0.25, 0.3) is 0 Å². The quantitative estimate of drug-likeness (QED) is 0.514. The third-order valence-electron chi connectivity index (χ3n) is 5.16. The van der Waals surface area contributed by atoms with Crippen molar-refractivity contribution >= 4 is 34.5 Å². The Morgan fingerprint density at radius 1 is 1.32 bits per heavy atom. The second-order valence-electron chi connectivity index (χ2n) is 7.26. The Bertz CT molecular complexity index is 1220. The number of amides is 2. The van der Waals surface area contributed by atoms with E-state index in [1.807, 2.05) is 0 Å². The first-order valence-electron chi connectivity index (χ1n) is 9.20. The fourth-order valence-electron chi connectivity index (χ4n) is 3.51. The van der Waals surface area contributed by atoms with Gasteiger partial charge in [-0.15, -0.1) is 0 Å². The lowest BCUT2D eigenvalue weighted by Crippen LogP contribution is -2.44. The smallest absolute Gasteiger partial charge is 0.383 e. The molecule has 13 heteroatoms. The summed E-state index contributed by atoms with van der Waals surface area (Å²) in [6.07, 6.45) is -3.93. The number of hydrogen-bond donors (Lipinski definition) is 3. The molecule has 10 nitrogen and oxygen atoms in total. The molecule has 0 fully saturated rings. The summed E-state index contributed by atoms with van der Waals surface area (Å²) in [6.45, 7) is 1.30. The number of pyridine rings is 1. The van der Waals surface area contributed by atoms with Gasteiger partial charge in [-0.2, -0.15) is 18.3 Å². The van der Waals surface area contributed by atoms with Crippen LogP contribution in [0.4, 0.5) is 24.8 Å². The third-order valence-corrected chi connectivity index (χ3v) is 5.16. The number of halogens is 3. The zero-order valence-corrected chi connectivity index (χ0v) is 16.2. The minimum Gasteiger partial charge on any atom is -0.383 e. The van der Waals surface area contributed by atoms with Crippen molar-refractivity contribution in [2.24, 2.45) is 5.73 Å². The average Bonchev–Trinajstić information content (AvgIpc) is 3.17. The van der Waals surface area contributed by atoms with Crippen LogP contribution in [0.3, 0.4) is 0 Å². The van der Waals surface area contributed by atoms with Crippen LogP contribution in [0, 0.1) is 0 Å². The maximum atomic E-state index is 12.5. The van der Waals surface area contributed by atoms with Crippen LogP contribution in [0.5, 0.6) is 0 Å². The summed E-state index contributed by atoms with van der Waals surface area (Å²) in [5.74, 6) is -1.67. The Kier molecular flexibility index (Phi) is 4.56. The van der Waals surface area contributed by atoms with Crippen molar-refractivity contribution in [3.63, 3.8) is 0 Å². The van der Waals surface area contributed by atoms with Gasteiger partial charge in [0.2, 0.25) is 11.8 Å². The Hall–Kier alpha value is -3.77. The molecule has 1 unspecified atom stereocenters. The van der Waals surface area contributed by atoms with Gasteiger partial charge < -0.3 is 16.8 Å². The van der Waals surface area contributed by atoms with Crippen LogP contribution in [0.2, 0.25) is 0 Å². The molecule has 0 saturated carbocycles.